The Morgan fingerprint density at radius 3 is 2.18 bits per heavy atom. The summed E-state index contributed by atoms with van der Waals surface area (Å²) < 4.78 is 0. The molecule has 33 heavy (non-hydrogen) atoms. The summed E-state index contributed by atoms with van der Waals surface area (Å²) >= 11 is 6.14. The van der Waals surface area contributed by atoms with Crippen LogP contribution in [0.15, 0.2) is 78.9 Å². The van der Waals surface area contributed by atoms with Crippen LogP contribution in [0.3, 0.4) is 0 Å². The van der Waals surface area contributed by atoms with Crippen molar-refractivity contribution < 1.29 is 9.59 Å². The van der Waals surface area contributed by atoms with E-state index in [1.54, 1.807) is 17.0 Å². The molecule has 0 heterocycles. The summed E-state index contributed by atoms with van der Waals surface area (Å²) in [6.07, 6.45) is 0.610. The normalized spacial score (nSPS) is 11.8. The summed E-state index contributed by atoms with van der Waals surface area (Å²) in [7, 11) is 0. The molecule has 0 aliphatic rings. The van der Waals surface area contributed by atoms with Gasteiger partial charge in [-0.3, -0.25) is 9.59 Å². The number of aryl methyl sites for hydroxylation is 1. The highest BCUT2D eigenvalue weighted by Crippen LogP contribution is 2.18. The Kier molecular flexibility index (Phi) is 8.67. The van der Waals surface area contributed by atoms with Crippen LogP contribution < -0.4 is 5.32 Å². The highest BCUT2D eigenvalue weighted by molar-refractivity contribution is 6.30. The predicted octanol–water partition coefficient (Wildman–Crippen LogP) is 5.36. The first-order chi connectivity index (χ1) is 15.8. The van der Waals surface area contributed by atoms with E-state index in [1.807, 2.05) is 87.5 Å². The van der Waals surface area contributed by atoms with Crippen LogP contribution in [0.4, 0.5) is 0 Å². The molecule has 1 N–H and O–H groups in total. The maximum atomic E-state index is 13.6. The van der Waals surface area contributed by atoms with E-state index in [1.165, 1.54) is 0 Å². The molecule has 0 spiro atoms. The van der Waals surface area contributed by atoms with Gasteiger partial charge in [0.25, 0.3) is 0 Å². The minimum Gasteiger partial charge on any atom is -0.352 e. The summed E-state index contributed by atoms with van der Waals surface area (Å²) in [5.41, 5.74) is 3.96. The molecule has 3 aromatic rings. The average Bonchev–Trinajstić information content (AvgIpc) is 2.77. The van der Waals surface area contributed by atoms with Gasteiger partial charge in [0.1, 0.15) is 6.04 Å². The van der Waals surface area contributed by atoms with E-state index in [0.29, 0.717) is 18.0 Å². The maximum absolute atomic E-state index is 13.6. The van der Waals surface area contributed by atoms with Gasteiger partial charge in [-0.15, -0.1) is 0 Å². The Morgan fingerprint density at radius 2 is 1.55 bits per heavy atom. The minimum absolute atomic E-state index is 0.0277. The van der Waals surface area contributed by atoms with Crippen molar-refractivity contribution in [2.24, 2.45) is 0 Å². The van der Waals surface area contributed by atoms with Crippen LogP contribution in [0.5, 0.6) is 0 Å². The molecular formula is C28H31ClN2O2. The second-order valence-corrected chi connectivity index (χ2v) is 9.12. The lowest BCUT2D eigenvalue weighted by Gasteiger charge is -2.32. The second kappa shape index (κ2) is 11.7. The van der Waals surface area contributed by atoms with Crippen molar-refractivity contribution in [1.29, 1.82) is 0 Å². The fourth-order valence-electron chi connectivity index (χ4n) is 3.75. The van der Waals surface area contributed by atoms with Crippen molar-refractivity contribution >= 4 is 23.4 Å². The molecule has 0 aliphatic heterocycles. The third-order valence-electron chi connectivity index (χ3n) is 5.42. The van der Waals surface area contributed by atoms with Gasteiger partial charge in [0, 0.05) is 24.0 Å². The van der Waals surface area contributed by atoms with Gasteiger partial charge in [0.15, 0.2) is 0 Å². The Bertz CT molecular complexity index is 1060. The number of benzene rings is 3. The zero-order valence-electron chi connectivity index (χ0n) is 19.4. The molecule has 0 saturated heterocycles. The zero-order valence-corrected chi connectivity index (χ0v) is 20.2. The fourth-order valence-corrected chi connectivity index (χ4v) is 3.96. The quantitative estimate of drug-likeness (QED) is 0.465. The molecule has 0 saturated carbocycles. The number of nitrogens with zero attached hydrogens (tertiary/aromatic N) is 1. The lowest BCUT2D eigenvalue weighted by molar-refractivity contribution is -0.141. The number of carbonyl (C=O) groups excluding carboxylic acids is 2. The first-order valence-electron chi connectivity index (χ1n) is 11.3. The highest BCUT2D eigenvalue weighted by atomic mass is 35.5. The maximum Gasteiger partial charge on any atom is 0.243 e. The highest BCUT2D eigenvalue weighted by Gasteiger charge is 2.30. The number of rotatable bonds is 9. The molecule has 0 fully saturated rings. The molecule has 172 valence electrons. The number of amides is 2. The number of nitrogens with one attached hydrogen (secondary N) is 1. The molecule has 0 aliphatic carbocycles. The van der Waals surface area contributed by atoms with Crippen molar-refractivity contribution in [3.05, 3.63) is 106 Å². The first kappa shape index (κ1) is 24.5. The molecule has 4 nitrogen and oxygen atoms in total. The Hall–Kier alpha value is -3.11. The number of hydrogen-bond acceptors (Lipinski definition) is 2. The predicted molar refractivity (Wildman–Crippen MR) is 134 cm³/mol. The van der Waals surface area contributed by atoms with Crippen LogP contribution in [0.25, 0.3) is 0 Å². The molecule has 0 bridgehead atoms. The Labute approximate surface area is 201 Å². The van der Waals surface area contributed by atoms with E-state index in [0.717, 1.165) is 22.3 Å². The molecule has 0 aromatic heterocycles. The SMILES string of the molecule is Cc1ccc(CN(C(=O)Cc2cccc(Cl)c2)C(Cc2ccccc2)C(=O)NC(C)C)cc1. The van der Waals surface area contributed by atoms with E-state index in [4.69, 9.17) is 11.6 Å². The standard InChI is InChI=1S/C28H31ClN2O2/c1-20(2)30-28(33)26(17-22-8-5-4-6-9-22)31(19-23-14-12-21(3)13-15-23)27(32)18-24-10-7-11-25(29)16-24/h4-16,20,26H,17-19H2,1-3H3,(H,30,33). The van der Waals surface area contributed by atoms with Gasteiger partial charge in [0.05, 0.1) is 6.42 Å². The van der Waals surface area contributed by atoms with Crippen LogP contribution in [0.1, 0.15) is 36.1 Å². The molecular weight excluding hydrogens is 432 g/mol. The summed E-state index contributed by atoms with van der Waals surface area (Å²) in [6.45, 7) is 6.23. The van der Waals surface area contributed by atoms with Gasteiger partial charge in [-0.1, -0.05) is 83.9 Å². The summed E-state index contributed by atoms with van der Waals surface area (Å²) in [5.74, 6) is -0.266. The van der Waals surface area contributed by atoms with E-state index >= 15 is 0 Å². The fraction of sp³-hybridized carbons (Fsp3) is 0.286. The molecule has 0 radical (unpaired) electrons. The Morgan fingerprint density at radius 1 is 0.879 bits per heavy atom. The first-order valence-corrected chi connectivity index (χ1v) is 11.6. The van der Waals surface area contributed by atoms with Crippen molar-refractivity contribution in [1.82, 2.24) is 10.2 Å². The average molecular weight is 463 g/mol. The molecule has 1 unspecified atom stereocenters. The number of halogens is 1. The molecule has 5 heteroatoms. The third kappa shape index (κ3) is 7.47. The van der Waals surface area contributed by atoms with Crippen LogP contribution in [-0.2, 0) is 29.0 Å². The largest absolute Gasteiger partial charge is 0.352 e. The van der Waals surface area contributed by atoms with Crippen LogP contribution >= 0.6 is 11.6 Å². The van der Waals surface area contributed by atoms with Gasteiger partial charge in [-0.2, -0.15) is 0 Å². The summed E-state index contributed by atoms with van der Waals surface area (Å²) in [6, 6.07) is 24.5. The third-order valence-corrected chi connectivity index (χ3v) is 5.66. The molecule has 3 rings (SSSR count). The van der Waals surface area contributed by atoms with E-state index in [-0.39, 0.29) is 24.3 Å². The van der Waals surface area contributed by atoms with Crippen molar-refractivity contribution in [2.45, 2.75) is 52.2 Å². The molecule has 2 amide bonds. The van der Waals surface area contributed by atoms with Crippen LogP contribution in [0, 0.1) is 6.92 Å². The van der Waals surface area contributed by atoms with E-state index in [2.05, 4.69) is 5.32 Å². The molecule has 1 atom stereocenters. The molecule has 3 aromatic carbocycles. The smallest absolute Gasteiger partial charge is 0.243 e. The van der Waals surface area contributed by atoms with Gasteiger partial charge in [0.2, 0.25) is 11.8 Å². The van der Waals surface area contributed by atoms with E-state index < -0.39 is 6.04 Å². The van der Waals surface area contributed by atoms with Gasteiger partial charge >= 0.3 is 0 Å². The van der Waals surface area contributed by atoms with Crippen molar-refractivity contribution in [3.63, 3.8) is 0 Å². The van der Waals surface area contributed by atoms with Crippen molar-refractivity contribution in [3.8, 4) is 0 Å². The van der Waals surface area contributed by atoms with Crippen LogP contribution in [-0.4, -0.2) is 28.8 Å². The topological polar surface area (TPSA) is 49.4 Å². The summed E-state index contributed by atoms with van der Waals surface area (Å²) in [5, 5.41) is 3.60. The van der Waals surface area contributed by atoms with Gasteiger partial charge < -0.3 is 10.2 Å². The van der Waals surface area contributed by atoms with Gasteiger partial charge in [-0.25, -0.2) is 0 Å². The zero-order chi connectivity index (χ0) is 23.8. The van der Waals surface area contributed by atoms with E-state index in [9.17, 15) is 9.59 Å². The number of hydrogen-bond donors (Lipinski definition) is 1. The Balaban J connectivity index is 1.96. The van der Waals surface area contributed by atoms with Crippen LogP contribution in [0.2, 0.25) is 5.02 Å². The van der Waals surface area contributed by atoms with Gasteiger partial charge in [-0.05, 0) is 49.6 Å². The number of carbonyl (C=O) groups is 2. The minimum atomic E-state index is -0.636. The summed E-state index contributed by atoms with van der Waals surface area (Å²) in [4.78, 5) is 28.7. The second-order valence-electron chi connectivity index (χ2n) is 8.68. The lowest BCUT2D eigenvalue weighted by atomic mass is 10.0. The monoisotopic (exact) mass is 462 g/mol. The lowest BCUT2D eigenvalue weighted by Crippen LogP contribution is -2.52. The van der Waals surface area contributed by atoms with Crippen molar-refractivity contribution in [2.75, 3.05) is 0 Å².